The summed E-state index contributed by atoms with van der Waals surface area (Å²) in [6.07, 6.45) is 16.0. The van der Waals surface area contributed by atoms with E-state index in [9.17, 15) is 9.90 Å². The van der Waals surface area contributed by atoms with E-state index >= 15 is 0 Å². The molecular formula is C29H44N2O3. The fraction of sp³-hybridized carbons (Fsp3) is 0.552. The topological polar surface area (TPSA) is 61.8 Å². The number of carbonyl (C=O) groups is 1. The molecule has 0 saturated heterocycles. The van der Waals surface area contributed by atoms with Gasteiger partial charge in [-0.05, 0) is 48.4 Å². The van der Waals surface area contributed by atoms with Crippen LogP contribution >= 0.6 is 0 Å². The largest absolute Gasteiger partial charge is 0.494 e. The number of rotatable bonds is 17. The second-order valence-electron chi connectivity index (χ2n) is 8.95. The first-order chi connectivity index (χ1) is 16.7. The van der Waals surface area contributed by atoms with Crippen LogP contribution in [0.1, 0.15) is 89.5 Å². The van der Waals surface area contributed by atoms with Crippen LogP contribution in [-0.4, -0.2) is 24.8 Å². The highest BCUT2D eigenvalue weighted by atomic mass is 16.5. The molecule has 0 heterocycles. The number of anilines is 2. The van der Waals surface area contributed by atoms with Crippen LogP contribution < -0.4 is 15.0 Å². The van der Waals surface area contributed by atoms with Crippen molar-refractivity contribution < 1.29 is 14.6 Å². The second-order valence-corrected chi connectivity index (χ2v) is 8.95. The lowest BCUT2D eigenvalue weighted by molar-refractivity contribution is 0.250. The van der Waals surface area contributed by atoms with Gasteiger partial charge in [-0.2, -0.15) is 0 Å². The molecule has 2 aromatic carbocycles. The number of benzene rings is 2. The van der Waals surface area contributed by atoms with Crippen molar-refractivity contribution >= 4 is 17.4 Å². The fourth-order valence-corrected chi connectivity index (χ4v) is 4.11. The number of aliphatic hydroxyl groups is 1. The number of ether oxygens (including phenoxy) is 1. The summed E-state index contributed by atoms with van der Waals surface area (Å²) in [5, 5.41) is 12.1. The lowest BCUT2D eigenvalue weighted by Gasteiger charge is -2.23. The number of amides is 2. The molecule has 0 aliphatic rings. The van der Waals surface area contributed by atoms with E-state index in [1.54, 1.807) is 11.9 Å². The Morgan fingerprint density at radius 2 is 1.41 bits per heavy atom. The van der Waals surface area contributed by atoms with Gasteiger partial charge in [0.15, 0.2) is 0 Å². The number of hydrogen-bond donors (Lipinski definition) is 2. The average Bonchev–Trinajstić information content (AvgIpc) is 2.87. The molecule has 0 aliphatic heterocycles. The molecule has 0 spiro atoms. The van der Waals surface area contributed by atoms with Crippen molar-refractivity contribution in [1.82, 2.24) is 5.32 Å². The number of unbranched alkanes of at least 4 members (excludes halogenated alkanes) is 11. The van der Waals surface area contributed by atoms with Gasteiger partial charge in [0.2, 0.25) is 0 Å². The lowest BCUT2D eigenvalue weighted by Crippen LogP contribution is -2.34. The second kappa shape index (κ2) is 17.0. The summed E-state index contributed by atoms with van der Waals surface area (Å²) in [5.74, 6) is 0.813. The number of nitrogens with one attached hydrogen (secondary N) is 1. The Labute approximate surface area is 206 Å². The summed E-state index contributed by atoms with van der Waals surface area (Å²) in [6.45, 7) is 2.92. The Balaban J connectivity index is 1.68. The van der Waals surface area contributed by atoms with Crippen molar-refractivity contribution in [1.29, 1.82) is 0 Å². The van der Waals surface area contributed by atoms with Crippen molar-refractivity contribution in [2.24, 2.45) is 0 Å². The highest BCUT2D eigenvalue weighted by Crippen LogP contribution is 2.28. The number of hydrogen-bond acceptors (Lipinski definition) is 3. The van der Waals surface area contributed by atoms with E-state index in [4.69, 9.17) is 4.74 Å². The van der Waals surface area contributed by atoms with Gasteiger partial charge in [-0.15, -0.1) is 0 Å². The van der Waals surface area contributed by atoms with Gasteiger partial charge in [0, 0.05) is 7.05 Å². The van der Waals surface area contributed by atoms with Crippen LogP contribution in [0, 0.1) is 0 Å². The van der Waals surface area contributed by atoms with Gasteiger partial charge in [-0.1, -0.05) is 89.7 Å². The molecular weight excluding hydrogens is 424 g/mol. The molecule has 0 radical (unpaired) electrons. The Morgan fingerprint density at radius 1 is 0.824 bits per heavy atom. The summed E-state index contributed by atoms with van der Waals surface area (Å²) in [7, 11) is 1.61. The molecule has 0 atom stereocenters. The van der Waals surface area contributed by atoms with E-state index in [0.717, 1.165) is 23.4 Å². The molecule has 0 saturated carbocycles. The maximum Gasteiger partial charge on any atom is 0.326 e. The third-order valence-electron chi connectivity index (χ3n) is 6.13. The van der Waals surface area contributed by atoms with Crippen molar-refractivity contribution in [3.63, 3.8) is 0 Å². The molecule has 0 fully saturated rings. The van der Waals surface area contributed by atoms with Crippen LogP contribution in [0.2, 0.25) is 0 Å². The summed E-state index contributed by atoms with van der Waals surface area (Å²) >= 11 is 0. The number of carbonyl (C=O) groups excluding carboxylic acids is 1. The minimum Gasteiger partial charge on any atom is -0.494 e. The van der Waals surface area contributed by atoms with Crippen molar-refractivity contribution in [3.05, 3.63) is 54.1 Å². The number of aliphatic hydroxyl groups excluding tert-OH is 1. The van der Waals surface area contributed by atoms with E-state index in [0.29, 0.717) is 12.3 Å². The summed E-state index contributed by atoms with van der Waals surface area (Å²) < 4.78 is 5.91. The van der Waals surface area contributed by atoms with Gasteiger partial charge in [0.1, 0.15) is 5.75 Å². The van der Waals surface area contributed by atoms with Gasteiger partial charge in [-0.25, -0.2) is 4.79 Å². The molecule has 5 heteroatoms. The van der Waals surface area contributed by atoms with Gasteiger partial charge in [-0.3, -0.25) is 4.90 Å². The molecule has 34 heavy (non-hydrogen) atoms. The smallest absolute Gasteiger partial charge is 0.326 e. The molecule has 2 rings (SSSR count). The normalized spacial score (nSPS) is 10.8. The van der Waals surface area contributed by atoms with Crippen LogP contribution in [0.4, 0.5) is 16.2 Å². The van der Waals surface area contributed by atoms with E-state index in [-0.39, 0.29) is 12.6 Å². The molecule has 2 amide bonds. The molecule has 5 nitrogen and oxygen atoms in total. The molecule has 0 unspecified atom stereocenters. The van der Waals surface area contributed by atoms with E-state index in [2.05, 4.69) is 12.2 Å². The lowest BCUT2D eigenvalue weighted by atomic mass is 10.1. The number of urea groups is 1. The Kier molecular flexibility index (Phi) is 13.8. The molecule has 0 bridgehead atoms. The van der Waals surface area contributed by atoms with E-state index in [1.807, 2.05) is 48.5 Å². The van der Waals surface area contributed by atoms with Gasteiger partial charge >= 0.3 is 6.03 Å². The quantitative estimate of drug-likeness (QED) is 0.233. The molecule has 0 aliphatic carbocycles. The first-order valence-corrected chi connectivity index (χ1v) is 13.1. The highest BCUT2D eigenvalue weighted by molar-refractivity contribution is 5.99. The zero-order valence-electron chi connectivity index (χ0n) is 21.2. The van der Waals surface area contributed by atoms with E-state index < -0.39 is 0 Å². The zero-order chi connectivity index (χ0) is 24.4. The third-order valence-corrected chi connectivity index (χ3v) is 6.13. The van der Waals surface area contributed by atoms with Crippen LogP contribution in [0.15, 0.2) is 48.5 Å². The predicted octanol–water partition coefficient (Wildman–Crippen LogP) is 7.74. The standard InChI is InChI=1S/C29H44N2O3/c1-3-4-5-6-7-8-9-10-11-12-13-14-22-34-28-20-18-26(19-21-28)31(29(33)30-2)27-17-15-16-25(23-27)24-32/h15-21,23,32H,3-14,22,24H2,1-2H3,(H,30,33). The van der Waals surface area contributed by atoms with Crippen molar-refractivity contribution in [2.75, 3.05) is 18.6 Å². The summed E-state index contributed by atoms with van der Waals surface area (Å²) in [6, 6.07) is 14.7. The maximum atomic E-state index is 12.5. The SMILES string of the molecule is CCCCCCCCCCCCCCOc1ccc(N(C(=O)NC)c2cccc(CO)c2)cc1. The van der Waals surface area contributed by atoms with Gasteiger partial charge in [0.25, 0.3) is 0 Å². The van der Waals surface area contributed by atoms with Crippen molar-refractivity contribution in [3.8, 4) is 5.75 Å². The molecule has 2 N–H and O–H groups in total. The minimum atomic E-state index is -0.236. The monoisotopic (exact) mass is 468 g/mol. The van der Waals surface area contributed by atoms with Gasteiger partial charge < -0.3 is 15.2 Å². The van der Waals surface area contributed by atoms with Crippen LogP contribution in [-0.2, 0) is 6.61 Å². The van der Waals surface area contributed by atoms with Crippen molar-refractivity contribution in [2.45, 2.75) is 90.6 Å². The third kappa shape index (κ3) is 10.2. The van der Waals surface area contributed by atoms with Gasteiger partial charge in [0.05, 0.1) is 24.6 Å². The molecule has 0 aromatic heterocycles. The maximum absolute atomic E-state index is 12.5. The van der Waals surface area contributed by atoms with Crippen LogP contribution in [0.3, 0.4) is 0 Å². The Bertz CT molecular complexity index is 807. The number of nitrogens with zero attached hydrogens (tertiary/aromatic N) is 1. The Morgan fingerprint density at radius 3 is 1.97 bits per heavy atom. The first kappa shape index (κ1) is 27.7. The molecule has 2 aromatic rings. The zero-order valence-corrected chi connectivity index (χ0v) is 21.2. The van der Waals surface area contributed by atoms with Crippen LogP contribution in [0.5, 0.6) is 5.75 Å². The molecule has 188 valence electrons. The predicted molar refractivity (Wildman–Crippen MR) is 142 cm³/mol. The summed E-state index contributed by atoms with van der Waals surface area (Å²) in [5.41, 5.74) is 2.21. The van der Waals surface area contributed by atoms with E-state index in [1.165, 1.54) is 70.6 Å². The first-order valence-electron chi connectivity index (χ1n) is 13.1. The average molecular weight is 469 g/mol. The highest BCUT2D eigenvalue weighted by Gasteiger charge is 2.17. The fourth-order valence-electron chi connectivity index (χ4n) is 4.11. The Hall–Kier alpha value is -2.53. The minimum absolute atomic E-state index is 0.0681. The van der Waals surface area contributed by atoms with Crippen LogP contribution in [0.25, 0.3) is 0 Å². The summed E-state index contributed by atoms with van der Waals surface area (Å²) in [4.78, 5) is 14.1.